The highest BCUT2D eigenvalue weighted by Crippen LogP contribution is 2.24. The van der Waals surface area contributed by atoms with Crippen LogP contribution in [0.2, 0.25) is 0 Å². The van der Waals surface area contributed by atoms with E-state index >= 15 is 0 Å². The van der Waals surface area contributed by atoms with Gasteiger partial charge >= 0.3 is 0 Å². The topological polar surface area (TPSA) is 58.0 Å². The third-order valence-electron chi connectivity index (χ3n) is 3.16. The summed E-state index contributed by atoms with van der Waals surface area (Å²) in [5.74, 6) is 1.36. The average molecular weight is 221 g/mol. The van der Waals surface area contributed by atoms with E-state index in [1.165, 1.54) is 0 Å². The number of aliphatic hydroxyl groups is 1. The second-order valence-electron chi connectivity index (χ2n) is 4.58. The van der Waals surface area contributed by atoms with Crippen molar-refractivity contribution in [2.75, 3.05) is 11.9 Å². The van der Waals surface area contributed by atoms with Gasteiger partial charge in [-0.3, -0.25) is 0 Å². The van der Waals surface area contributed by atoms with Crippen LogP contribution in [0.3, 0.4) is 0 Å². The highest BCUT2D eigenvalue weighted by Gasteiger charge is 2.19. The minimum atomic E-state index is -0.0773. The van der Waals surface area contributed by atoms with Crippen molar-refractivity contribution in [3.8, 4) is 0 Å². The molecule has 0 unspecified atom stereocenters. The highest BCUT2D eigenvalue weighted by molar-refractivity contribution is 5.24. The van der Waals surface area contributed by atoms with Crippen molar-refractivity contribution < 1.29 is 5.11 Å². The van der Waals surface area contributed by atoms with E-state index in [0.717, 1.165) is 37.9 Å². The molecular formula is C12H19N3O. The van der Waals surface area contributed by atoms with E-state index in [4.69, 9.17) is 0 Å². The molecule has 1 aromatic rings. The van der Waals surface area contributed by atoms with Crippen LogP contribution in [0.4, 0.5) is 5.95 Å². The lowest BCUT2D eigenvalue weighted by Crippen LogP contribution is -2.24. The number of aryl methyl sites for hydroxylation is 1. The van der Waals surface area contributed by atoms with Crippen molar-refractivity contribution in [1.82, 2.24) is 9.97 Å². The predicted octanol–water partition coefficient (Wildman–Crippen LogP) is 1.75. The summed E-state index contributed by atoms with van der Waals surface area (Å²) in [6.45, 7) is 2.87. The van der Waals surface area contributed by atoms with Crippen molar-refractivity contribution >= 4 is 5.95 Å². The Balaban J connectivity index is 1.79. The smallest absolute Gasteiger partial charge is 0.222 e. The lowest BCUT2D eigenvalue weighted by molar-refractivity contribution is 0.111. The monoisotopic (exact) mass is 221 g/mol. The molecule has 0 aromatic carbocycles. The van der Waals surface area contributed by atoms with E-state index in [1.807, 2.05) is 13.0 Å². The molecular weight excluding hydrogens is 202 g/mol. The number of nitrogens with one attached hydrogen (secondary N) is 1. The zero-order chi connectivity index (χ0) is 11.4. The molecule has 1 aromatic heterocycles. The molecule has 0 amide bonds. The van der Waals surface area contributed by atoms with Gasteiger partial charge in [0.15, 0.2) is 0 Å². The molecule has 0 atom stereocenters. The molecule has 2 rings (SSSR count). The summed E-state index contributed by atoms with van der Waals surface area (Å²) in [6, 6.07) is 1.89. The number of aromatic nitrogens is 2. The first-order valence-corrected chi connectivity index (χ1v) is 5.95. The van der Waals surface area contributed by atoms with Crippen molar-refractivity contribution in [2.45, 2.75) is 38.7 Å². The predicted molar refractivity (Wildman–Crippen MR) is 63.2 cm³/mol. The Morgan fingerprint density at radius 3 is 2.81 bits per heavy atom. The van der Waals surface area contributed by atoms with Gasteiger partial charge in [0.25, 0.3) is 0 Å². The first kappa shape index (κ1) is 11.3. The van der Waals surface area contributed by atoms with E-state index < -0.39 is 0 Å². The SMILES string of the molecule is Cc1ccnc(NCC2CCC(O)CC2)n1. The molecule has 1 aliphatic rings. The van der Waals surface area contributed by atoms with Gasteiger partial charge in [-0.1, -0.05) is 0 Å². The fourth-order valence-electron chi connectivity index (χ4n) is 2.12. The molecule has 88 valence electrons. The zero-order valence-electron chi connectivity index (χ0n) is 9.69. The number of nitrogens with zero attached hydrogens (tertiary/aromatic N) is 2. The van der Waals surface area contributed by atoms with Crippen LogP contribution in [0, 0.1) is 12.8 Å². The molecule has 0 aliphatic heterocycles. The fraction of sp³-hybridized carbons (Fsp3) is 0.667. The third kappa shape index (κ3) is 3.17. The molecule has 1 heterocycles. The largest absolute Gasteiger partial charge is 0.393 e. The van der Waals surface area contributed by atoms with Gasteiger partial charge in [-0.2, -0.15) is 0 Å². The number of anilines is 1. The van der Waals surface area contributed by atoms with Gasteiger partial charge in [0.05, 0.1) is 6.10 Å². The van der Waals surface area contributed by atoms with E-state index in [-0.39, 0.29) is 6.10 Å². The van der Waals surface area contributed by atoms with Gasteiger partial charge < -0.3 is 10.4 Å². The second-order valence-corrected chi connectivity index (χ2v) is 4.58. The minimum Gasteiger partial charge on any atom is -0.393 e. The Hall–Kier alpha value is -1.16. The van der Waals surface area contributed by atoms with Crippen LogP contribution in [-0.2, 0) is 0 Å². The van der Waals surface area contributed by atoms with Gasteiger partial charge in [0.2, 0.25) is 5.95 Å². The van der Waals surface area contributed by atoms with E-state index in [2.05, 4.69) is 15.3 Å². The van der Waals surface area contributed by atoms with Gasteiger partial charge in [0.1, 0.15) is 0 Å². The summed E-state index contributed by atoms with van der Waals surface area (Å²) >= 11 is 0. The summed E-state index contributed by atoms with van der Waals surface area (Å²) in [5, 5.41) is 12.7. The standard InChI is InChI=1S/C12H19N3O/c1-9-6-7-13-12(15-9)14-8-10-2-4-11(16)5-3-10/h6-7,10-11,16H,2-5,8H2,1H3,(H,13,14,15). The summed E-state index contributed by atoms with van der Waals surface area (Å²) in [7, 11) is 0. The third-order valence-corrected chi connectivity index (χ3v) is 3.16. The summed E-state index contributed by atoms with van der Waals surface area (Å²) < 4.78 is 0. The Morgan fingerprint density at radius 1 is 1.38 bits per heavy atom. The van der Waals surface area contributed by atoms with Crippen LogP contribution < -0.4 is 5.32 Å². The number of rotatable bonds is 3. The van der Waals surface area contributed by atoms with E-state index in [9.17, 15) is 5.11 Å². The first-order chi connectivity index (χ1) is 7.74. The fourth-order valence-corrected chi connectivity index (χ4v) is 2.12. The number of aliphatic hydroxyl groups excluding tert-OH is 1. The van der Waals surface area contributed by atoms with Crippen LogP contribution in [0.15, 0.2) is 12.3 Å². The average Bonchev–Trinajstić information content (AvgIpc) is 2.28. The maximum Gasteiger partial charge on any atom is 0.222 e. The van der Waals surface area contributed by atoms with Crippen molar-refractivity contribution in [1.29, 1.82) is 0 Å². The van der Waals surface area contributed by atoms with Crippen LogP contribution in [0.1, 0.15) is 31.4 Å². The van der Waals surface area contributed by atoms with Gasteiger partial charge in [-0.25, -0.2) is 9.97 Å². The second kappa shape index (κ2) is 5.25. The Bertz CT molecular complexity index is 335. The van der Waals surface area contributed by atoms with Crippen molar-refractivity contribution in [3.05, 3.63) is 18.0 Å². The minimum absolute atomic E-state index is 0.0773. The normalized spacial score (nSPS) is 25.4. The molecule has 2 N–H and O–H groups in total. The van der Waals surface area contributed by atoms with Crippen LogP contribution in [0.25, 0.3) is 0 Å². The van der Waals surface area contributed by atoms with Gasteiger partial charge in [0, 0.05) is 18.4 Å². The van der Waals surface area contributed by atoms with E-state index in [0.29, 0.717) is 11.9 Å². The van der Waals surface area contributed by atoms with Gasteiger partial charge in [-0.05, 0) is 44.6 Å². The molecule has 1 aliphatic carbocycles. The summed E-state index contributed by atoms with van der Waals surface area (Å²) in [4.78, 5) is 8.47. The summed E-state index contributed by atoms with van der Waals surface area (Å²) in [6.07, 6.45) is 5.75. The lowest BCUT2D eigenvalue weighted by atomic mass is 9.87. The summed E-state index contributed by atoms with van der Waals surface area (Å²) in [5.41, 5.74) is 0.983. The van der Waals surface area contributed by atoms with Crippen LogP contribution >= 0.6 is 0 Å². The molecule has 0 bridgehead atoms. The van der Waals surface area contributed by atoms with E-state index in [1.54, 1.807) is 6.20 Å². The van der Waals surface area contributed by atoms with Crippen molar-refractivity contribution in [2.24, 2.45) is 5.92 Å². The maximum atomic E-state index is 9.40. The molecule has 1 fully saturated rings. The Kier molecular flexibility index (Phi) is 3.72. The van der Waals surface area contributed by atoms with Gasteiger partial charge in [-0.15, -0.1) is 0 Å². The van der Waals surface area contributed by atoms with Crippen LogP contribution in [0.5, 0.6) is 0 Å². The lowest BCUT2D eigenvalue weighted by Gasteiger charge is -2.25. The van der Waals surface area contributed by atoms with Crippen molar-refractivity contribution in [3.63, 3.8) is 0 Å². The Labute approximate surface area is 96.1 Å². The van der Waals surface area contributed by atoms with Crippen LogP contribution in [-0.4, -0.2) is 27.7 Å². The molecule has 4 nitrogen and oxygen atoms in total. The molecule has 0 saturated heterocycles. The quantitative estimate of drug-likeness (QED) is 0.816. The highest BCUT2D eigenvalue weighted by atomic mass is 16.3. The number of hydrogen-bond donors (Lipinski definition) is 2. The molecule has 4 heteroatoms. The molecule has 1 saturated carbocycles. The molecule has 0 spiro atoms. The maximum absolute atomic E-state index is 9.40. The molecule has 16 heavy (non-hydrogen) atoms. The first-order valence-electron chi connectivity index (χ1n) is 5.95. The molecule has 0 radical (unpaired) electrons. The number of hydrogen-bond acceptors (Lipinski definition) is 4. The Morgan fingerprint density at radius 2 is 2.12 bits per heavy atom. The zero-order valence-corrected chi connectivity index (χ0v) is 9.69.